The maximum Gasteiger partial charge on any atom is 0.190 e. The molecular weight excluding hydrogens is 344 g/mol. The summed E-state index contributed by atoms with van der Waals surface area (Å²) in [4.78, 5) is 5.86. The lowest BCUT2D eigenvalue weighted by Crippen LogP contribution is -2.24. The van der Waals surface area contributed by atoms with Crippen LogP contribution in [0, 0.1) is 0 Å². The van der Waals surface area contributed by atoms with E-state index in [9.17, 15) is 0 Å². The van der Waals surface area contributed by atoms with E-state index in [1.54, 1.807) is 18.4 Å². The van der Waals surface area contributed by atoms with E-state index < -0.39 is 0 Å². The Hall–Kier alpha value is -2.37. The summed E-state index contributed by atoms with van der Waals surface area (Å²) in [6, 6.07) is 18.3. The molecule has 2 heterocycles. The van der Waals surface area contributed by atoms with E-state index in [4.69, 9.17) is 14.5 Å². The molecule has 4 rings (SSSR count). The van der Waals surface area contributed by atoms with E-state index >= 15 is 0 Å². The summed E-state index contributed by atoms with van der Waals surface area (Å²) in [5, 5.41) is 2.18. The van der Waals surface area contributed by atoms with Gasteiger partial charge in [0.2, 0.25) is 0 Å². The molecule has 26 heavy (non-hydrogen) atoms. The molecule has 1 unspecified atom stereocenters. The van der Waals surface area contributed by atoms with Crippen LogP contribution in [0.2, 0.25) is 0 Å². The van der Waals surface area contributed by atoms with Crippen LogP contribution in [0.5, 0.6) is 5.75 Å². The lowest BCUT2D eigenvalue weighted by atomic mass is 10.1. The third kappa shape index (κ3) is 3.74. The van der Waals surface area contributed by atoms with Crippen LogP contribution < -0.4 is 9.54 Å². The molecule has 5 heteroatoms. The highest BCUT2D eigenvalue weighted by molar-refractivity contribution is 7.07. The molecule has 0 saturated carbocycles. The SMILES string of the molecule is COc1ccc(-c2csc(=Nc3ccccc3)n2CC2CCCO2)cc1. The van der Waals surface area contributed by atoms with Crippen LogP contribution in [-0.2, 0) is 11.3 Å². The number of ether oxygens (including phenoxy) is 2. The molecule has 3 aromatic rings. The lowest BCUT2D eigenvalue weighted by molar-refractivity contribution is 0.0968. The molecule has 1 aliphatic rings. The van der Waals surface area contributed by atoms with Gasteiger partial charge in [-0.25, -0.2) is 4.99 Å². The first-order valence-electron chi connectivity index (χ1n) is 8.87. The fourth-order valence-electron chi connectivity index (χ4n) is 3.19. The largest absolute Gasteiger partial charge is 0.497 e. The zero-order chi connectivity index (χ0) is 17.8. The maximum absolute atomic E-state index is 5.88. The van der Waals surface area contributed by atoms with Crippen molar-refractivity contribution in [3.63, 3.8) is 0 Å². The van der Waals surface area contributed by atoms with Crippen molar-refractivity contribution in [1.82, 2.24) is 4.57 Å². The molecule has 1 atom stereocenters. The molecule has 1 aromatic heterocycles. The topological polar surface area (TPSA) is 35.8 Å². The average molecular weight is 366 g/mol. The van der Waals surface area contributed by atoms with Gasteiger partial charge in [0, 0.05) is 12.0 Å². The van der Waals surface area contributed by atoms with E-state index in [0.29, 0.717) is 0 Å². The van der Waals surface area contributed by atoms with Gasteiger partial charge in [0.1, 0.15) is 5.75 Å². The van der Waals surface area contributed by atoms with Gasteiger partial charge in [-0.05, 0) is 54.8 Å². The standard InChI is InChI=1S/C21H22N2O2S/c1-24-18-11-9-16(10-12-18)20-15-26-21(22-17-6-3-2-4-7-17)23(20)14-19-8-5-13-25-19/h2-4,6-7,9-12,15,19H,5,8,13-14H2,1H3. The zero-order valence-corrected chi connectivity index (χ0v) is 15.6. The summed E-state index contributed by atoms with van der Waals surface area (Å²) in [5.41, 5.74) is 3.30. The van der Waals surface area contributed by atoms with Gasteiger partial charge in [-0.15, -0.1) is 11.3 Å². The number of hydrogen-bond acceptors (Lipinski definition) is 4. The molecular formula is C21H22N2O2S. The Morgan fingerprint density at radius 1 is 1.15 bits per heavy atom. The molecule has 1 fully saturated rings. The van der Waals surface area contributed by atoms with Crippen molar-refractivity contribution in [2.75, 3.05) is 13.7 Å². The van der Waals surface area contributed by atoms with Crippen LogP contribution in [0.25, 0.3) is 11.3 Å². The summed E-state index contributed by atoms with van der Waals surface area (Å²) in [6.45, 7) is 1.69. The zero-order valence-electron chi connectivity index (χ0n) is 14.8. The first-order valence-corrected chi connectivity index (χ1v) is 9.75. The summed E-state index contributed by atoms with van der Waals surface area (Å²) in [6.07, 6.45) is 2.50. The molecule has 0 spiro atoms. The Morgan fingerprint density at radius 2 is 1.96 bits per heavy atom. The number of thiazole rings is 1. The van der Waals surface area contributed by atoms with Crippen molar-refractivity contribution in [3.8, 4) is 17.0 Å². The number of benzene rings is 2. The van der Waals surface area contributed by atoms with Crippen molar-refractivity contribution in [2.45, 2.75) is 25.5 Å². The van der Waals surface area contributed by atoms with E-state index in [-0.39, 0.29) is 6.10 Å². The number of aromatic nitrogens is 1. The van der Waals surface area contributed by atoms with Gasteiger partial charge in [-0.2, -0.15) is 0 Å². The van der Waals surface area contributed by atoms with Gasteiger partial charge in [-0.1, -0.05) is 18.2 Å². The monoisotopic (exact) mass is 366 g/mol. The quantitative estimate of drug-likeness (QED) is 0.660. The summed E-state index contributed by atoms with van der Waals surface area (Å²) in [5.74, 6) is 0.865. The number of rotatable bonds is 5. The van der Waals surface area contributed by atoms with Crippen molar-refractivity contribution < 1.29 is 9.47 Å². The van der Waals surface area contributed by atoms with E-state index in [1.807, 2.05) is 42.5 Å². The predicted molar refractivity (Wildman–Crippen MR) is 105 cm³/mol. The third-order valence-corrected chi connectivity index (χ3v) is 5.44. The second-order valence-corrected chi connectivity index (χ2v) is 7.16. The molecule has 0 amide bonds. The Morgan fingerprint density at radius 3 is 2.65 bits per heavy atom. The molecule has 2 aromatic carbocycles. The minimum absolute atomic E-state index is 0.260. The van der Waals surface area contributed by atoms with Crippen molar-refractivity contribution >= 4 is 17.0 Å². The number of para-hydroxylation sites is 1. The number of nitrogens with zero attached hydrogens (tertiary/aromatic N) is 2. The lowest BCUT2D eigenvalue weighted by Gasteiger charge is -2.14. The maximum atomic E-state index is 5.88. The highest BCUT2D eigenvalue weighted by atomic mass is 32.1. The minimum Gasteiger partial charge on any atom is -0.497 e. The number of hydrogen-bond donors (Lipinski definition) is 0. The Balaban J connectivity index is 1.76. The van der Waals surface area contributed by atoms with Crippen LogP contribution in [0.15, 0.2) is 65.0 Å². The Kier molecular flexibility index (Phi) is 5.18. The van der Waals surface area contributed by atoms with Crippen LogP contribution in [0.4, 0.5) is 5.69 Å². The molecule has 0 radical (unpaired) electrons. The Bertz CT molecular complexity index is 907. The van der Waals surface area contributed by atoms with Gasteiger partial charge >= 0.3 is 0 Å². The third-order valence-electron chi connectivity index (χ3n) is 4.57. The summed E-state index contributed by atoms with van der Waals surface area (Å²) < 4.78 is 13.5. The van der Waals surface area contributed by atoms with Crippen molar-refractivity contribution in [1.29, 1.82) is 0 Å². The van der Waals surface area contributed by atoms with Crippen molar-refractivity contribution in [2.24, 2.45) is 4.99 Å². The van der Waals surface area contributed by atoms with E-state index in [0.717, 1.165) is 47.8 Å². The summed E-state index contributed by atoms with van der Waals surface area (Å²) >= 11 is 1.67. The molecule has 4 nitrogen and oxygen atoms in total. The van der Waals surface area contributed by atoms with Crippen LogP contribution in [0.3, 0.4) is 0 Å². The van der Waals surface area contributed by atoms with E-state index in [1.165, 1.54) is 5.69 Å². The van der Waals surface area contributed by atoms with Crippen molar-refractivity contribution in [3.05, 3.63) is 64.8 Å². The molecule has 0 bridgehead atoms. The number of methoxy groups -OCH3 is 1. The normalized spacial score (nSPS) is 17.6. The minimum atomic E-state index is 0.260. The fraction of sp³-hybridized carbons (Fsp3) is 0.286. The predicted octanol–water partition coefficient (Wildman–Crippen LogP) is 4.64. The highest BCUT2D eigenvalue weighted by Crippen LogP contribution is 2.25. The molecule has 1 saturated heterocycles. The van der Waals surface area contributed by atoms with Crippen LogP contribution in [0.1, 0.15) is 12.8 Å². The van der Waals surface area contributed by atoms with Crippen LogP contribution in [-0.4, -0.2) is 24.4 Å². The first kappa shape index (κ1) is 17.1. The molecule has 134 valence electrons. The molecule has 0 N–H and O–H groups in total. The second kappa shape index (κ2) is 7.89. The van der Waals surface area contributed by atoms with Gasteiger partial charge in [0.25, 0.3) is 0 Å². The van der Waals surface area contributed by atoms with Gasteiger partial charge < -0.3 is 14.0 Å². The Labute approximate surface area is 157 Å². The fourth-order valence-corrected chi connectivity index (χ4v) is 4.13. The molecule has 0 aliphatic carbocycles. The van der Waals surface area contributed by atoms with Gasteiger partial charge in [0.15, 0.2) is 4.80 Å². The average Bonchev–Trinajstić information content (AvgIpc) is 3.34. The smallest absolute Gasteiger partial charge is 0.190 e. The highest BCUT2D eigenvalue weighted by Gasteiger charge is 2.19. The van der Waals surface area contributed by atoms with Crippen LogP contribution >= 0.6 is 11.3 Å². The first-order chi connectivity index (χ1) is 12.8. The van der Waals surface area contributed by atoms with Gasteiger partial charge in [-0.3, -0.25) is 0 Å². The second-order valence-electron chi connectivity index (χ2n) is 6.33. The van der Waals surface area contributed by atoms with E-state index in [2.05, 4.69) is 22.1 Å². The van der Waals surface area contributed by atoms with Gasteiger partial charge in [0.05, 0.1) is 31.1 Å². The summed E-state index contributed by atoms with van der Waals surface area (Å²) in [7, 11) is 1.69. The molecule has 1 aliphatic heterocycles.